The molecule has 0 spiro atoms. The Bertz CT molecular complexity index is 720. The highest BCUT2D eigenvalue weighted by molar-refractivity contribution is 7.87. The number of carbonyl (C=O) groups is 3. The van der Waals surface area contributed by atoms with Gasteiger partial charge in [-0.15, -0.1) is 0 Å². The zero-order valence-corrected chi connectivity index (χ0v) is 12.6. The van der Waals surface area contributed by atoms with Crippen molar-refractivity contribution in [2.45, 2.75) is 12.6 Å². The number of imide groups is 1. The summed E-state index contributed by atoms with van der Waals surface area (Å²) in [5.74, 6) is -0.761. The Morgan fingerprint density at radius 2 is 1.96 bits per heavy atom. The zero-order chi connectivity index (χ0) is 17.0. The van der Waals surface area contributed by atoms with Crippen LogP contribution in [0.4, 0.5) is 9.59 Å². The minimum atomic E-state index is -4.25. The van der Waals surface area contributed by atoms with Gasteiger partial charge in [-0.1, -0.05) is 30.3 Å². The first-order chi connectivity index (χ1) is 10.8. The summed E-state index contributed by atoms with van der Waals surface area (Å²) in [6.45, 7) is -0.149. The summed E-state index contributed by atoms with van der Waals surface area (Å²) in [4.78, 5) is 35.2. The molecule has 1 fully saturated rings. The number of hydrogen-bond donors (Lipinski definition) is 3. The molecule has 1 aromatic carbocycles. The maximum Gasteiger partial charge on any atom is 0.408 e. The van der Waals surface area contributed by atoms with Crippen LogP contribution in [0.3, 0.4) is 0 Å². The first-order valence-electron chi connectivity index (χ1n) is 6.39. The van der Waals surface area contributed by atoms with Crippen molar-refractivity contribution in [2.75, 3.05) is 6.54 Å². The number of urea groups is 1. The minimum absolute atomic E-state index is 0.0310. The van der Waals surface area contributed by atoms with Crippen LogP contribution < -0.4 is 15.2 Å². The van der Waals surface area contributed by atoms with Gasteiger partial charge in [0.15, 0.2) is 0 Å². The van der Waals surface area contributed by atoms with Crippen LogP contribution in [-0.4, -0.2) is 43.9 Å². The van der Waals surface area contributed by atoms with E-state index in [4.69, 9.17) is 4.74 Å². The number of β-lactam (4-membered cyclic amide) rings is 1. The van der Waals surface area contributed by atoms with Gasteiger partial charge in [0.25, 0.3) is 16.1 Å². The number of alkyl carbamates (subject to hydrolysis) is 1. The van der Waals surface area contributed by atoms with E-state index in [1.165, 1.54) is 4.72 Å². The third kappa shape index (κ3) is 4.66. The molecule has 4 N–H and O–H groups in total. The fourth-order valence-corrected chi connectivity index (χ4v) is 2.15. The van der Waals surface area contributed by atoms with Crippen molar-refractivity contribution in [1.29, 1.82) is 0 Å². The van der Waals surface area contributed by atoms with Crippen LogP contribution in [0.2, 0.25) is 0 Å². The Kier molecular flexibility index (Phi) is 4.81. The molecule has 1 aromatic rings. The van der Waals surface area contributed by atoms with Gasteiger partial charge in [0.1, 0.15) is 12.6 Å². The van der Waals surface area contributed by atoms with Crippen LogP contribution in [0.5, 0.6) is 0 Å². The van der Waals surface area contributed by atoms with Crippen LogP contribution in [0.1, 0.15) is 5.56 Å². The Balaban J connectivity index is 1.76. The second-order valence-electron chi connectivity index (χ2n) is 4.66. The lowest BCUT2D eigenvalue weighted by atomic mass is 10.1. The van der Waals surface area contributed by atoms with E-state index in [-0.39, 0.29) is 13.2 Å². The van der Waals surface area contributed by atoms with Gasteiger partial charge in [0, 0.05) is 0 Å². The van der Waals surface area contributed by atoms with Crippen LogP contribution in [0, 0.1) is 0 Å². The first kappa shape index (κ1) is 16.7. The van der Waals surface area contributed by atoms with Gasteiger partial charge in [0.05, 0.1) is 6.54 Å². The van der Waals surface area contributed by atoms with Crippen LogP contribution in [-0.2, 0) is 26.3 Å². The van der Waals surface area contributed by atoms with Crippen molar-refractivity contribution >= 4 is 28.2 Å². The first-order valence-corrected chi connectivity index (χ1v) is 7.94. The highest BCUT2D eigenvalue weighted by atomic mass is 32.2. The molecule has 11 heteroatoms. The summed E-state index contributed by atoms with van der Waals surface area (Å²) in [7, 11) is -4.25. The number of hydrogen-bond acceptors (Lipinski definition) is 6. The Labute approximate surface area is 131 Å². The number of likely N-dealkylation sites (tertiary alicyclic amines) is 1. The molecular weight excluding hydrogens is 328 g/mol. The standard InChI is InChI=1S/C12H14N4O6S/c13-23(20,21)15-11(18)16-6-9(10(16)17)14-12(19)22-7-8-4-2-1-3-5-8/h1-5,9H,6-7H2,(H,14,19)(H,15,18)(H2,13,20,21)/t9-/m0/s1. The number of nitrogens with zero attached hydrogens (tertiary/aromatic N) is 1. The third-order valence-electron chi connectivity index (χ3n) is 2.91. The molecule has 1 aliphatic heterocycles. The monoisotopic (exact) mass is 342 g/mol. The van der Waals surface area contributed by atoms with E-state index >= 15 is 0 Å². The molecule has 2 rings (SSSR count). The van der Waals surface area contributed by atoms with Crippen LogP contribution in [0.15, 0.2) is 30.3 Å². The van der Waals surface area contributed by atoms with Crippen molar-refractivity contribution in [3.05, 3.63) is 35.9 Å². The highest BCUT2D eigenvalue weighted by Gasteiger charge is 2.42. The SMILES string of the molecule is NS(=O)(=O)NC(=O)N1C[C@H](NC(=O)OCc2ccccc2)C1=O. The summed E-state index contributed by atoms with van der Waals surface area (Å²) in [6, 6.07) is 6.79. The molecule has 1 heterocycles. The summed E-state index contributed by atoms with van der Waals surface area (Å²) in [6.07, 6.45) is -0.821. The summed E-state index contributed by atoms with van der Waals surface area (Å²) in [5.41, 5.74) is 0.775. The topological polar surface area (TPSA) is 148 Å². The lowest BCUT2D eigenvalue weighted by Crippen LogP contribution is -2.67. The van der Waals surface area contributed by atoms with E-state index in [0.717, 1.165) is 5.56 Å². The molecule has 0 unspecified atom stereocenters. The molecule has 0 aromatic heterocycles. The molecule has 0 saturated carbocycles. The van der Waals surface area contributed by atoms with Gasteiger partial charge in [-0.25, -0.2) is 19.5 Å². The Morgan fingerprint density at radius 3 is 2.52 bits per heavy atom. The molecule has 1 aliphatic rings. The van der Waals surface area contributed by atoms with Gasteiger partial charge in [0.2, 0.25) is 0 Å². The second kappa shape index (κ2) is 6.62. The normalized spacial score (nSPS) is 17.2. The van der Waals surface area contributed by atoms with Crippen molar-refractivity contribution < 1.29 is 27.5 Å². The predicted octanol–water partition coefficient (Wildman–Crippen LogP) is -0.963. The molecule has 0 aliphatic carbocycles. The van der Waals surface area contributed by atoms with Gasteiger partial charge >= 0.3 is 12.1 Å². The molecule has 23 heavy (non-hydrogen) atoms. The van der Waals surface area contributed by atoms with Crippen LogP contribution in [0.25, 0.3) is 0 Å². The van der Waals surface area contributed by atoms with E-state index < -0.39 is 34.3 Å². The molecule has 0 radical (unpaired) electrons. The smallest absolute Gasteiger partial charge is 0.408 e. The number of carbonyl (C=O) groups excluding carboxylic acids is 3. The van der Waals surface area contributed by atoms with E-state index in [2.05, 4.69) is 10.5 Å². The van der Waals surface area contributed by atoms with E-state index in [1.54, 1.807) is 24.3 Å². The predicted molar refractivity (Wildman–Crippen MR) is 76.9 cm³/mol. The van der Waals surface area contributed by atoms with E-state index in [9.17, 15) is 22.8 Å². The lowest BCUT2D eigenvalue weighted by molar-refractivity contribution is -0.139. The maximum absolute atomic E-state index is 11.7. The fraction of sp³-hybridized carbons (Fsp3) is 0.250. The summed E-state index contributed by atoms with van der Waals surface area (Å²) >= 11 is 0. The number of rotatable bonds is 4. The van der Waals surface area contributed by atoms with E-state index in [1.807, 2.05) is 6.07 Å². The Hall–Kier alpha value is -2.66. The van der Waals surface area contributed by atoms with Crippen molar-refractivity contribution in [2.24, 2.45) is 5.14 Å². The van der Waals surface area contributed by atoms with Crippen LogP contribution >= 0.6 is 0 Å². The minimum Gasteiger partial charge on any atom is -0.445 e. The third-order valence-corrected chi connectivity index (χ3v) is 3.37. The number of amides is 4. The number of nitrogens with one attached hydrogen (secondary N) is 2. The average molecular weight is 342 g/mol. The average Bonchev–Trinajstić information content (AvgIpc) is 2.47. The quantitative estimate of drug-likeness (QED) is 0.600. The summed E-state index contributed by atoms with van der Waals surface area (Å²) < 4.78 is 27.7. The zero-order valence-electron chi connectivity index (χ0n) is 11.8. The molecule has 1 atom stereocenters. The molecule has 124 valence electrons. The number of ether oxygens (including phenoxy) is 1. The van der Waals surface area contributed by atoms with Crippen molar-refractivity contribution in [3.63, 3.8) is 0 Å². The highest BCUT2D eigenvalue weighted by Crippen LogP contribution is 2.11. The van der Waals surface area contributed by atoms with Gasteiger partial charge < -0.3 is 10.1 Å². The van der Waals surface area contributed by atoms with Crippen molar-refractivity contribution in [3.8, 4) is 0 Å². The van der Waals surface area contributed by atoms with Gasteiger partial charge in [-0.05, 0) is 5.56 Å². The van der Waals surface area contributed by atoms with Crippen molar-refractivity contribution in [1.82, 2.24) is 14.9 Å². The largest absolute Gasteiger partial charge is 0.445 e. The molecular formula is C12H14N4O6S. The van der Waals surface area contributed by atoms with E-state index in [0.29, 0.717) is 4.90 Å². The molecule has 1 saturated heterocycles. The maximum atomic E-state index is 11.7. The number of benzene rings is 1. The molecule has 4 amide bonds. The summed E-state index contributed by atoms with van der Waals surface area (Å²) in [5, 5.41) is 6.89. The van der Waals surface area contributed by atoms with Gasteiger partial charge in [-0.3, -0.25) is 9.69 Å². The fourth-order valence-electron chi connectivity index (χ4n) is 1.80. The van der Waals surface area contributed by atoms with Gasteiger partial charge in [-0.2, -0.15) is 8.42 Å². The molecule has 10 nitrogen and oxygen atoms in total. The second-order valence-corrected chi connectivity index (χ2v) is 5.95. The Morgan fingerprint density at radius 1 is 1.30 bits per heavy atom. The molecule has 0 bridgehead atoms. The lowest BCUT2D eigenvalue weighted by Gasteiger charge is -2.36. The number of nitrogens with two attached hydrogens (primary N) is 1.